The lowest BCUT2D eigenvalue weighted by molar-refractivity contribution is 0.128. The number of benzene rings is 1. The monoisotopic (exact) mass is 519 g/mol. The number of hydrogen-bond acceptors (Lipinski definition) is 7. The predicted octanol–water partition coefficient (Wildman–Crippen LogP) is 5.46. The lowest BCUT2D eigenvalue weighted by atomic mass is 10.1. The topological polar surface area (TPSA) is 91.2 Å². The van der Waals surface area contributed by atoms with Crippen molar-refractivity contribution in [3.63, 3.8) is 0 Å². The minimum Gasteiger partial charge on any atom is -0.486 e. The van der Waals surface area contributed by atoms with E-state index in [1.165, 1.54) is 25.7 Å². The van der Waals surface area contributed by atoms with Gasteiger partial charge in [-0.25, -0.2) is 4.79 Å². The number of hydrogen-bond donors (Lipinski definition) is 1. The average molecular weight is 520 g/mol. The summed E-state index contributed by atoms with van der Waals surface area (Å²) in [7, 11) is 0. The molecule has 1 aliphatic rings. The number of ether oxygens (including phenoxy) is 2. The first-order valence-electron chi connectivity index (χ1n) is 12.6. The maximum absolute atomic E-state index is 11.7. The SMILES string of the molecule is Cc1cc(OCc2nnc(SC3CCCC3)n2-c2cccnc2)ccc1C#CC(C)OC(=O)NC(C)C. The van der Waals surface area contributed by atoms with Gasteiger partial charge in [0.25, 0.3) is 0 Å². The van der Waals surface area contributed by atoms with Gasteiger partial charge in [0, 0.05) is 23.1 Å². The van der Waals surface area contributed by atoms with E-state index in [2.05, 4.69) is 32.3 Å². The standard InChI is InChI=1S/C28H33N5O3S/c1-19(2)30-28(34)36-21(4)11-12-22-13-14-24(16-20(22)3)35-18-26-31-32-27(37-25-9-5-6-10-25)33(26)23-8-7-15-29-17-23/h7-8,13-17,19,21,25H,5-6,9-10,18H2,1-4H3,(H,30,34). The molecule has 0 bridgehead atoms. The van der Waals surface area contributed by atoms with Crippen LogP contribution in [0, 0.1) is 18.8 Å². The molecule has 1 N–H and O–H groups in total. The van der Waals surface area contributed by atoms with Crippen LogP contribution in [0.2, 0.25) is 0 Å². The first kappa shape index (κ1) is 26.6. The van der Waals surface area contributed by atoms with Gasteiger partial charge in [-0.1, -0.05) is 36.4 Å². The summed E-state index contributed by atoms with van der Waals surface area (Å²) in [6, 6.07) is 9.67. The third kappa shape index (κ3) is 7.49. The highest BCUT2D eigenvalue weighted by Crippen LogP contribution is 2.35. The Bertz CT molecular complexity index is 1260. The number of amides is 1. The third-order valence-electron chi connectivity index (χ3n) is 5.85. The molecule has 1 unspecified atom stereocenters. The number of nitrogens with zero attached hydrogens (tertiary/aromatic N) is 4. The second-order valence-corrected chi connectivity index (χ2v) is 10.6. The van der Waals surface area contributed by atoms with Gasteiger partial charge in [-0.05, 0) is 76.4 Å². The van der Waals surface area contributed by atoms with Gasteiger partial charge in [0.15, 0.2) is 17.1 Å². The van der Waals surface area contributed by atoms with Crippen LogP contribution in [-0.2, 0) is 11.3 Å². The van der Waals surface area contributed by atoms with Crippen LogP contribution in [0.25, 0.3) is 5.69 Å². The van der Waals surface area contributed by atoms with Crippen LogP contribution in [0.4, 0.5) is 4.79 Å². The van der Waals surface area contributed by atoms with Crippen LogP contribution >= 0.6 is 11.8 Å². The highest BCUT2D eigenvalue weighted by atomic mass is 32.2. The zero-order valence-corrected chi connectivity index (χ0v) is 22.5. The van der Waals surface area contributed by atoms with Crippen LogP contribution < -0.4 is 10.1 Å². The van der Waals surface area contributed by atoms with Crippen LogP contribution in [0.3, 0.4) is 0 Å². The van der Waals surface area contributed by atoms with E-state index < -0.39 is 12.2 Å². The molecule has 2 heterocycles. The smallest absolute Gasteiger partial charge is 0.408 e. The van der Waals surface area contributed by atoms with Crippen molar-refractivity contribution in [2.24, 2.45) is 0 Å². The number of pyridine rings is 1. The molecule has 1 atom stereocenters. The third-order valence-corrected chi connectivity index (χ3v) is 7.12. The Morgan fingerprint density at radius 3 is 2.73 bits per heavy atom. The zero-order chi connectivity index (χ0) is 26.2. The molecule has 37 heavy (non-hydrogen) atoms. The van der Waals surface area contributed by atoms with Gasteiger partial charge in [-0.3, -0.25) is 9.55 Å². The first-order valence-corrected chi connectivity index (χ1v) is 13.5. The number of rotatable bonds is 8. The lowest BCUT2D eigenvalue weighted by Gasteiger charge is -2.13. The summed E-state index contributed by atoms with van der Waals surface area (Å²) in [6.45, 7) is 7.75. The molecule has 194 valence electrons. The normalized spacial score (nSPS) is 14.2. The number of carbonyl (C=O) groups is 1. The van der Waals surface area contributed by atoms with E-state index in [0.29, 0.717) is 5.25 Å². The summed E-state index contributed by atoms with van der Waals surface area (Å²) >= 11 is 1.79. The Kier molecular flexibility index (Phi) is 9.07. The molecule has 0 aliphatic heterocycles. The second kappa shape index (κ2) is 12.6. The maximum Gasteiger partial charge on any atom is 0.408 e. The van der Waals surface area contributed by atoms with Gasteiger partial charge >= 0.3 is 6.09 Å². The fourth-order valence-corrected chi connectivity index (χ4v) is 5.30. The maximum atomic E-state index is 11.7. The fraction of sp³-hybridized carbons (Fsp3) is 0.429. The van der Waals surface area contributed by atoms with E-state index in [1.807, 2.05) is 61.9 Å². The molecule has 1 aromatic carbocycles. The highest BCUT2D eigenvalue weighted by molar-refractivity contribution is 7.99. The van der Waals surface area contributed by atoms with Crippen molar-refractivity contribution in [3.8, 4) is 23.3 Å². The molecule has 1 saturated carbocycles. The molecule has 3 aromatic rings. The van der Waals surface area contributed by atoms with Gasteiger partial charge in [-0.2, -0.15) is 0 Å². The molecule has 0 spiro atoms. The molecule has 9 heteroatoms. The molecule has 4 rings (SSSR count). The Morgan fingerprint density at radius 2 is 2.03 bits per heavy atom. The van der Waals surface area contributed by atoms with Crippen molar-refractivity contribution >= 4 is 17.9 Å². The Morgan fingerprint density at radius 1 is 1.22 bits per heavy atom. The van der Waals surface area contributed by atoms with Crippen molar-refractivity contribution in [1.82, 2.24) is 25.1 Å². The van der Waals surface area contributed by atoms with E-state index in [0.717, 1.165) is 33.5 Å². The number of thioether (sulfide) groups is 1. The van der Waals surface area contributed by atoms with E-state index in [4.69, 9.17) is 9.47 Å². The Labute approximate surface area is 222 Å². The number of aryl methyl sites for hydroxylation is 1. The summed E-state index contributed by atoms with van der Waals surface area (Å²) < 4.78 is 13.4. The minimum atomic E-state index is -0.524. The zero-order valence-electron chi connectivity index (χ0n) is 21.7. The van der Waals surface area contributed by atoms with Crippen LogP contribution in [0.1, 0.15) is 63.4 Å². The lowest BCUT2D eigenvalue weighted by Crippen LogP contribution is -2.32. The molecule has 1 amide bonds. The number of nitrogens with one attached hydrogen (secondary N) is 1. The van der Waals surface area contributed by atoms with Crippen molar-refractivity contribution in [3.05, 3.63) is 59.7 Å². The van der Waals surface area contributed by atoms with Crippen LogP contribution in [0.15, 0.2) is 47.9 Å². The molecule has 8 nitrogen and oxygen atoms in total. The molecule has 0 radical (unpaired) electrons. The van der Waals surface area contributed by atoms with E-state index in [-0.39, 0.29) is 12.6 Å². The van der Waals surface area contributed by atoms with Crippen molar-refractivity contribution in [2.45, 2.75) is 82.5 Å². The highest BCUT2D eigenvalue weighted by Gasteiger charge is 2.22. The van der Waals surface area contributed by atoms with E-state index in [1.54, 1.807) is 24.9 Å². The quantitative estimate of drug-likeness (QED) is 0.395. The Hall–Kier alpha value is -3.51. The molecular formula is C28H33N5O3S. The number of aromatic nitrogens is 4. The number of alkyl carbamates (subject to hydrolysis) is 1. The molecular weight excluding hydrogens is 486 g/mol. The Balaban J connectivity index is 1.43. The summed E-state index contributed by atoms with van der Waals surface area (Å²) in [5.41, 5.74) is 2.74. The molecule has 1 aliphatic carbocycles. The molecule has 0 saturated heterocycles. The van der Waals surface area contributed by atoms with Crippen LogP contribution in [-0.4, -0.2) is 43.2 Å². The van der Waals surface area contributed by atoms with Crippen molar-refractivity contribution in [1.29, 1.82) is 0 Å². The summed E-state index contributed by atoms with van der Waals surface area (Å²) in [6.07, 6.45) is 7.54. The largest absolute Gasteiger partial charge is 0.486 e. The van der Waals surface area contributed by atoms with Gasteiger partial charge < -0.3 is 14.8 Å². The van der Waals surface area contributed by atoms with Gasteiger partial charge in [-0.15, -0.1) is 10.2 Å². The fourth-order valence-electron chi connectivity index (χ4n) is 4.02. The summed E-state index contributed by atoms with van der Waals surface area (Å²) in [5, 5.41) is 13.1. The van der Waals surface area contributed by atoms with Gasteiger partial charge in [0.1, 0.15) is 12.4 Å². The van der Waals surface area contributed by atoms with Gasteiger partial charge in [0.05, 0.1) is 11.9 Å². The predicted molar refractivity (Wildman–Crippen MR) is 144 cm³/mol. The van der Waals surface area contributed by atoms with Crippen LogP contribution in [0.5, 0.6) is 5.75 Å². The van der Waals surface area contributed by atoms with E-state index >= 15 is 0 Å². The van der Waals surface area contributed by atoms with Gasteiger partial charge in [0.2, 0.25) is 0 Å². The number of carbonyl (C=O) groups excluding carboxylic acids is 1. The van der Waals surface area contributed by atoms with E-state index in [9.17, 15) is 4.79 Å². The van der Waals surface area contributed by atoms with Crippen molar-refractivity contribution in [2.75, 3.05) is 0 Å². The van der Waals surface area contributed by atoms with Crippen molar-refractivity contribution < 1.29 is 14.3 Å². The second-order valence-electron chi connectivity index (χ2n) is 9.35. The average Bonchev–Trinajstić information content (AvgIpc) is 3.52. The minimum absolute atomic E-state index is 0.0123. The summed E-state index contributed by atoms with van der Waals surface area (Å²) in [5.74, 6) is 7.51. The molecule has 2 aromatic heterocycles. The first-order chi connectivity index (χ1) is 17.9. The summed E-state index contributed by atoms with van der Waals surface area (Å²) in [4.78, 5) is 16.0. The molecule has 1 fully saturated rings.